The molecule has 0 N–H and O–H groups in total. The maximum absolute atomic E-state index is 13.9. The second-order valence-corrected chi connectivity index (χ2v) is 12.2. The van der Waals surface area contributed by atoms with Crippen LogP contribution >= 0.6 is 11.3 Å². The third-order valence-electron chi connectivity index (χ3n) is 6.60. The predicted molar refractivity (Wildman–Crippen MR) is 147 cm³/mol. The molecule has 8 heteroatoms. The van der Waals surface area contributed by atoms with Crippen LogP contribution < -0.4 is 0 Å². The molecule has 1 atom stereocenters. The molecule has 1 fully saturated rings. The van der Waals surface area contributed by atoms with Crippen LogP contribution in [0.15, 0.2) is 95.2 Å². The van der Waals surface area contributed by atoms with E-state index in [4.69, 9.17) is 4.74 Å². The van der Waals surface area contributed by atoms with Gasteiger partial charge in [0.25, 0.3) is 0 Å². The number of hydrogen-bond acceptors (Lipinski definition) is 5. The van der Waals surface area contributed by atoms with Gasteiger partial charge in [0.05, 0.1) is 24.1 Å². The number of fused-ring (bicyclic) bond motifs is 1. The molecule has 1 aromatic heterocycles. The molecule has 37 heavy (non-hydrogen) atoms. The van der Waals surface area contributed by atoms with Crippen LogP contribution in [0.2, 0.25) is 0 Å². The summed E-state index contributed by atoms with van der Waals surface area (Å²) in [6.45, 7) is 1.35. The molecule has 2 heterocycles. The van der Waals surface area contributed by atoms with Crippen molar-refractivity contribution in [3.63, 3.8) is 0 Å². The summed E-state index contributed by atoms with van der Waals surface area (Å²) >= 11 is 1.58. The van der Waals surface area contributed by atoms with Crippen molar-refractivity contribution in [1.82, 2.24) is 9.21 Å². The molecule has 1 amide bonds. The van der Waals surface area contributed by atoms with Gasteiger partial charge in [-0.15, -0.1) is 11.3 Å². The minimum atomic E-state index is -3.94. The largest absolute Gasteiger partial charge is 0.377 e. The van der Waals surface area contributed by atoms with Crippen molar-refractivity contribution in [2.45, 2.75) is 36.9 Å². The van der Waals surface area contributed by atoms with E-state index in [1.165, 1.54) is 4.31 Å². The summed E-state index contributed by atoms with van der Waals surface area (Å²) < 4.78 is 34.9. The van der Waals surface area contributed by atoms with Crippen molar-refractivity contribution >= 4 is 38.0 Å². The summed E-state index contributed by atoms with van der Waals surface area (Å²) in [6, 6.07) is 26.5. The minimum absolute atomic E-state index is 0.152. The molecule has 0 saturated carbocycles. The third-order valence-corrected chi connectivity index (χ3v) is 9.27. The molecular formula is C29H30N2O4S2. The van der Waals surface area contributed by atoms with Crippen LogP contribution in [0.1, 0.15) is 23.3 Å². The molecule has 6 nitrogen and oxygen atoms in total. The van der Waals surface area contributed by atoms with E-state index >= 15 is 0 Å². The highest BCUT2D eigenvalue weighted by Gasteiger charge is 2.32. The minimum Gasteiger partial charge on any atom is -0.377 e. The normalized spacial score (nSPS) is 15.9. The molecule has 1 saturated heterocycles. The average molecular weight is 535 g/mol. The number of thiophene rings is 1. The van der Waals surface area contributed by atoms with Gasteiger partial charge in [-0.3, -0.25) is 4.79 Å². The second kappa shape index (κ2) is 11.6. The lowest BCUT2D eigenvalue weighted by Crippen LogP contribution is -2.45. The van der Waals surface area contributed by atoms with Gasteiger partial charge in [0, 0.05) is 24.6 Å². The Labute approximate surface area is 222 Å². The van der Waals surface area contributed by atoms with E-state index in [1.807, 2.05) is 78.2 Å². The number of ether oxygens (including phenoxy) is 1. The molecule has 1 aliphatic rings. The number of nitrogens with zero attached hydrogens (tertiary/aromatic N) is 2. The molecule has 0 unspecified atom stereocenters. The van der Waals surface area contributed by atoms with Gasteiger partial charge >= 0.3 is 0 Å². The van der Waals surface area contributed by atoms with Crippen LogP contribution in [0.3, 0.4) is 0 Å². The lowest BCUT2D eigenvalue weighted by atomic mass is 10.1. The molecule has 4 aromatic rings. The summed E-state index contributed by atoms with van der Waals surface area (Å²) in [7, 11) is -3.94. The molecule has 0 bridgehead atoms. The topological polar surface area (TPSA) is 66.9 Å². The number of amides is 1. The van der Waals surface area contributed by atoms with Gasteiger partial charge in [-0.1, -0.05) is 66.7 Å². The Hall–Kier alpha value is -3.04. The first kappa shape index (κ1) is 25.6. The standard InChI is InChI=1S/C29H30N2O4S2/c32-29(30(21-27-13-7-17-36-27)19-23-8-2-1-3-9-23)22-31(20-26-12-6-16-35-26)37(33,34)28-15-14-24-10-4-5-11-25(24)18-28/h1-5,7-11,13-15,17-18,26H,6,12,16,19-22H2/t26-/m0/s1. The first-order valence-electron chi connectivity index (χ1n) is 12.4. The Balaban J connectivity index is 1.43. The van der Waals surface area contributed by atoms with Crippen LogP contribution in [0, 0.1) is 0 Å². The smallest absolute Gasteiger partial charge is 0.243 e. The second-order valence-electron chi connectivity index (χ2n) is 9.26. The van der Waals surface area contributed by atoms with Gasteiger partial charge < -0.3 is 9.64 Å². The fourth-order valence-corrected chi connectivity index (χ4v) is 6.79. The SMILES string of the molecule is O=C(CN(C[C@@H]1CCCO1)S(=O)(=O)c1ccc2ccccc2c1)N(Cc1ccccc1)Cc1cccs1. The molecule has 1 aliphatic heterocycles. The number of sulfonamides is 1. The van der Waals surface area contributed by atoms with E-state index in [0.29, 0.717) is 19.7 Å². The van der Waals surface area contributed by atoms with Crippen LogP contribution in [0.4, 0.5) is 0 Å². The molecule has 0 radical (unpaired) electrons. The Morgan fingerprint density at radius 2 is 1.70 bits per heavy atom. The number of benzene rings is 3. The Bertz CT molecular complexity index is 1430. The Kier molecular flexibility index (Phi) is 8.00. The highest BCUT2D eigenvalue weighted by molar-refractivity contribution is 7.89. The zero-order valence-corrected chi connectivity index (χ0v) is 22.2. The van der Waals surface area contributed by atoms with Gasteiger partial charge in [0.1, 0.15) is 0 Å². The summed E-state index contributed by atoms with van der Waals surface area (Å²) in [5.41, 5.74) is 0.996. The van der Waals surface area contributed by atoms with Gasteiger partial charge in [-0.25, -0.2) is 8.42 Å². The zero-order chi connectivity index (χ0) is 25.7. The predicted octanol–water partition coefficient (Wildman–Crippen LogP) is 5.30. The fourth-order valence-electron chi connectivity index (χ4n) is 4.62. The Morgan fingerprint density at radius 3 is 2.43 bits per heavy atom. The summed E-state index contributed by atoms with van der Waals surface area (Å²) in [4.78, 5) is 16.7. The van der Waals surface area contributed by atoms with E-state index in [-0.39, 0.29) is 30.0 Å². The summed E-state index contributed by atoms with van der Waals surface area (Å²) in [6.07, 6.45) is 1.45. The highest BCUT2D eigenvalue weighted by Crippen LogP contribution is 2.25. The third kappa shape index (κ3) is 6.27. The van der Waals surface area contributed by atoms with Crippen LogP contribution in [-0.2, 0) is 32.6 Å². The van der Waals surface area contributed by atoms with Crippen molar-refractivity contribution in [2.24, 2.45) is 0 Å². The monoisotopic (exact) mass is 534 g/mol. The zero-order valence-electron chi connectivity index (χ0n) is 20.5. The highest BCUT2D eigenvalue weighted by atomic mass is 32.2. The molecule has 0 spiro atoms. The molecular weight excluding hydrogens is 504 g/mol. The van der Waals surface area contributed by atoms with Crippen LogP contribution in [0.5, 0.6) is 0 Å². The summed E-state index contributed by atoms with van der Waals surface area (Å²) in [5.74, 6) is -0.236. The van der Waals surface area contributed by atoms with Crippen LogP contribution in [0.25, 0.3) is 10.8 Å². The summed E-state index contributed by atoms with van der Waals surface area (Å²) in [5, 5.41) is 3.79. The van der Waals surface area contributed by atoms with E-state index in [0.717, 1.165) is 34.1 Å². The lowest BCUT2D eigenvalue weighted by molar-refractivity contribution is -0.132. The van der Waals surface area contributed by atoms with Gasteiger partial charge in [0.15, 0.2) is 0 Å². The van der Waals surface area contributed by atoms with E-state index in [2.05, 4.69) is 0 Å². The number of hydrogen-bond donors (Lipinski definition) is 0. The molecule has 3 aromatic carbocycles. The maximum Gasteiger partial charge on any atom is 0.243 e. The van der Waals surface area contributed by atoms with E-state index in [9.17, 15) is 13.2 Å². The number of rotatable bonds is 10. The van der Waals surface area contributed by atoms with Crippen molar-refractivity contribution in [1.29, 1.82) is 0 Å². The first-order chi connectivity index (χ1) is 18.0. The molecule has 192 valence electrons. The quantitative estimate of drug-likeness (QED) is 0.277. The van der Waals surface area contributed by atoms with Crippen molar-refractivity contribution in [3.8, 4) is 0 Å². The number of carbonyl (C=O) groups is 1. The molecule has 0 aliphatic carbocycles. The van der Waals surface area contributed by atoms with Gasteiger partial charge in [0.2, 0.25) is 15.9 Å². The van der Waals surface area contributed by atoms with E-state index < -0.39 is 10.0 Å². The van der Waals surface area contributed by atoms with Crippen molar-refractivity contribution in [3.05, 3.63) is 101 Å². The average Bonchev–Trinajstić information content (AvgIpc) is 3.63. The van der Waals surface area contributed by atoms with Crippen molar-refractivity contribution < 1.29 is 17.9 Å². The van der Waals surface area contributed by atoms with Gasteiger partial charge in [-0.2, -0.15) is 4.31 Å². The fraction of sp³-hybridized carbons (Fsp3) is 0.276. The number of carbonyl (C=O) groups excluding carboxylic acids is 1. The lowest BCUT2D eigenvalue weighted by Gasteiger charge is -2.28. The van der Waals surface area contributed by atoms with Crippen LogP contribution in [-0.4, -0.2) is 49.3 Å². The van der Waals surface area contributed by atoms with Crippen molar-refractivity contribution in [2.75, 3.05) is 19.7 Å². The Morgan fingerprint density at radius 1 is 0.919 bits per heavy atom. The molecule has 5 rings (SSSR count). The van der Waals surface area contributed by atoms with E-state index in [1.54, 1.807) is 28.4 Å². The van der Waals surface area contributed by atoms with Gasteiger partial charge in [-0.05, 0) is 52.8 Å². The maximum atomic E-state index is 13.9. The first-order valence-corrected chi connectivity index (χ1v) is 14.8.